The molecule has 21 heavy (non-hydrogen) atoms. The Morgan fingerprint density at radius 1 is 1.38 bits per heavy atom. The maximum atomic E-state index is 13.1. The SMILES string of the molecule is Cc1cc(NCC(=O)N2CCC(C(=O)O)CC2)ccc1F. The minimum atomic E-state index is -0.790. The van der Waals surface area contributed by atoms with Crippen molar-refractivity contribution >= 4 is 17.6 Å². The number of carboxylic acids is 1. The molecule has 0 spiro atoms. The summed E-state index contributed by atoms with van der Waals surface area (Å²) in [5, 5.41) is 11.9. The van der Waals surface area contributed by atoms with Gasteiger partial charge in [-0.25, -0.2) is 4.39 Å². The second kappa shape index (κ2) is 6.56. The van der Waals surface area contributed by atoms with Crippen LogP contribution in [0.3, 0.4) is 0 Å². The maximum Gasteiger partial charge on any atom is 0.306 e. The van der Waals surface area contributed by atoms with Gasteiger partial charge in [0.25, 0.3) is 0 Å². The molecule has 1 aromatic rings. The zero-order chi connectivity index (χ0) is 15.4. The summed E-state index contributed by atoms with van der Waals surface area (Å²) in [6.45, 7) is 2.74. The first kappa shape index (κ1) is 15.3. The highest BCUT2D eigenvalue weighted by atomic mass is 19.1. The number of amides is 1. The van der Waals surface area contributed by atoms with E-state index in [1.165, 1.54) is 6.07 Å². The molecule has 1 amide bonds. The summed E-state index contributed by atoms with van der Waals surface area (Å²) in [4.78, 5) is 24.6. The van der Waals surface area contributed by atoms with Crippen molar-refractivity contribution in [2.45, 2.75) is 19.8 Å². The molecule has 2 rings (SSSR count). The molecule has 0 bridgehead atoms. The van der Waals surface area contributed by atoms with Gasteiger partial charge in [0.15, 0.2) is 0 Å². The third kappa shape index (κ3) is 3.93. The first-order valence-electron chi connectivity index (χ1n) is 6.98. The molecule has 1 aromatic carbocycles. The molecule has 2 N–H and O–H groups in total. The quantitative estimate of drug-likeness (QED) is 0.889. The van der Waals surface area contributed by atoms with Gasteiger partial charge in [-0.3, -0.25) is 9.59 Å². The maximum absolute atomic E-state index is 13.1. The van der Waals surface area contributed by atoms with Crippen LogP contribution in [0.15, 0.2) is 18.2 Å². The van der Waals surface area contributed by atoms with Crippen LogP contribution in [0, 0.1) is 18.7 Å². The third-order valence-corrected chi connectivity index (χ3v) is 3.80. The molecule has 0 radical (unpaired) electrons. The van der Waals surface area contributed by atoms with E-state index in [0.29, 0.717) is 37.2 Å². The van der Waals surface area contributed by atoms with Crippen molar-refractivity contribution < 1.29 is 19.1 Å². The molecule has 6 heteroatoms. The average Bonchev–Trinajstić information content (AvgIpc) is 2.48. The van der Waals surface area contributed by atoms with Gasteiger partial charge in [0.1, 0.15) is 5.82 Å². The van der Waals surface area contributed by atoms with Crippen LogP contribution in [0.4, 0.5) is 10.1 Å². The van der Waals surface area contributed by atoms with E-state index < -0.39 is 5.97 Å². The number of aliphatic carboxylic acids is 1. The number of rotatable bonds is 4. The summed E-state index contributed by atoms with van der Waals surface area (Å²) < 4.78 is 13.1. The van der Waals surface area contributed by atoms with Gasteiger partial charge in [0, 0.05) is 18.8 Å². The molecule has 0 aliphatic carbocycles. The lowest BCUT2D eigenvalue weighted by Gasteiger charge is -2.30. The Kier molecular flexibility index (Phi) is 4.77. The lowest BCUT2D eigenvalue weighted by molar-refractivity contribution is -0.145. The smallest absolute Gasteiger partial charge is 0.306 e. The Morgan fingerprint density at radius 3 is 2.62 bits per heavy atom. The molecule has 1 saturated heterocycles. The van der Waals surface area contributed by atoms with E-state index in [9.17, 15) is 14.0 Å². The van der Waals surface area contributed by atoms with Gasteiger partial charge < -0.3 is 15.3 Å². The van der Waals surface area contributed by atoms with E-state index in [2.05, 4.69) is 5.32 Å². The van der Waals surface area contributed by atoms with Crippen molar-refractivity contribution in [1.82, 2.24) is 4.90 Å². The predicted molar refractivity (Wildman–Crippen MR) is 76.6 cm³/mol. The van der Waals surface area contributed by atoms with Gasteiger partial charge in [-0.2, -0.15) is 0 Å². The van der Waals surface area contributed by atoms with Crippen molar-refractivity contribution in [2.24, 2.45) is 5.92 Å². The molecule has 0 unspecified atom stereocenters. The number of carbonyl (C=O) groups is 2. The number of nitrogens with one attached hydrogen (secondary N) is 1. The highest BCUT2D eigenvalue weighted by molar-refractivity contribution is 5.81. The van der Waals surface area contributed by atoms with Crippen molar-refractivity contribution in [3.63, 3.8) is 0 Å². The fraction of sp³-hybridized carbons (Fsp3) is 0.467. The van der Waals surface area contributed by atoms with Gasteiger partial charge >= 0.3 is 5.97 Å². The van der Waals surface area contributed by atoms with Crippen LogP contribution in [0.2, 0.25) is 0 Å². The van der Waals surface area contributed by atoms with E-state index in [-0.39, 0.29) is 24.2 Å². The summed E-state index contributed by atoms with van der Waals surface area (Å²) in [5.41, 5.74) is 1.22. The highest BCUT2D eigenvalue weighted by Crippen LogP contribution is 2.18. The molecule has 0 atom stereocenters. The van der Waals surface area contributed by atoms with E-state index in [4.69, 9.17) is 5.11 Å². The van der Waals surface area contributed by atoms with Gasteiger partial charge in [-0.05, 0) is 43.5 Å². The summed E-state index contributed by atoms with van der Waals surface area (Å²) in [5.74, 6) is -1.48. The second-order valence-electron chi connectivity index (χ2n) is 5.31. The fourth-order valence-corrected chi connectivity index (χ4v) is 2.42. The van der Waals surface area contributed by atoms with Crippen molar-refractivity contribution in [3.8, 4) is 0 Å². The van der Waals surface area contributed by atoms with Gasteiger partial charge in [-0.1, -0.05) is 0 Å². The number of nitrogens with zero attached hydrogens (tertiary/aromatic N) is 1. The van der Waals surface area contributed by atoms with Crippen LogP contribution in [0.25, 0.3) is 0 Å². The molecule has 1 aliphatic heterocycles. The normalized spacial score (nSPS) is 15.8. The lowest BCUT2D eigenvalue weighted by atomic mass is 9.97. The Labute approximate surface area is 122 Å². The predicted octanol–water partition coefficient (Wildman–Crippen LogP) is 1.87. The number of carboxylic acid groups (broad SMARTS) is 1. The third-order valence-electron chi connectivity index (χ3n) is 3.80. The van der Waals surface area contributed by atoms with E-state index >= 15 is 0 Å². The zero-order valence-electron chi connectivity index (χ0n) is 11.9. The highest BCUT2D eigenvalue weighted by Gasteiger charge is 2.26. The Bertz CT molecular complexity index is 540. The number of aryl methyl sites for hydroxylation is 1. The van der Waals surface area contributed by atoms with Crippen LogP contribution < -0.4 is 5.32 Å². The minimum Gasteiger partial charge on any atom is -0.481 e. The molecule has 1 aliphatic rings. The van der Waals surface area contributed by atoms with Crippen LogP contribution in [-0.4, -0.2) is 41.5 Å². The van der Waals surface area contributed by atoms with Gasteiger partial charge in [-0.15, -0.1) is 0 Å². The summed E-state index contributed by atoms with van der Waals surface area (Å²) in [7, 11) is 0. The van der Waals surface area contributed by atoms with Crippen molar-refractivity contribution in [1.29, 1.82) is 0 Å². The zero-order valence-corrected chi connectivity index (χ0v) is 11.9. The number of likely N-dealkylation sites (tertiary alicyclic amines) is 1. The van der Waals surface area contributed by atoms with Crippen molar-refractivity contribution in [2.75, 3.05) is 25.0 Å². The fourth-order valence-electron chi connectivity index (χ4n) is 2.42. The Hall–Kier alpha value is -2.11. The molecular formula is C15H19FN2O3. The number of hydrogen-bond donors (Lipinski definition) is 2. The first-order valence-corrected chi connectivity index (χ1v) is 6.98. The number of piperidine rings is 1. The topological polar surface area (TPSA) is 69.6 Å². The monoisotopic (exact) mass is 294 g/mol. The van der Waals surface area contributed by atoms with Crippen LogP contribution in [0.5, 0.6) is 0 Å². The molecule has 114 valence electrons. The molecule has 5 nitrogen and oxygen atoms in total. The summed E-state index contributed by atoms with van der Waals surface area (Å²) >= 11 is 0. The first-order chi connectivity index (χ1) is 9.97. The number of carbonyl (C=O) groups excluding carboxylic acids is 1. The Morgan fingerprint density at radius 2 is 2.05 bits per heavy atom. The largest absolute Gasteiger partial charge is 0.481 e. The number of benzene rings is 1. The molecular weight excluding hydrogens is 275 g/mol. The van der Waals surface area contributed by atoms with E-state index in [1.807, 2.05) is 0 Å². The van der Waals surface area contributed by atoms with Gasteiger partial charge in [0.05, 0.1) is 12.5 Å². The van der Waals surface area contributed by atoms with Crippen molar-refractivity contribution in [3.05, 3.63) is 29.6 Å². The molecule has 1 heterocycles. The van der Waals surface area contributed by atoms with Crippen LogP contribution in [0.1, 0.15) is 18.4 Å². The molecule has 0 aromatic heterocycles. The van der Waals surface area contributed by atoms with Gasteiger partial charge in [0.2, 0.25) is 5.91 Å². The second-order valence-corrected chi connectivity index (χ2v) is 5.31. The number of halogens is 1. The summed E-state index contributed by atoms with van der Waals surface area (Å²) in [6, 6.07) is 4.60. The molecule has 1 fully saturated rings. The van der Waals surface area contributed by atoms with Crippen LogP contribution >= 0.6 is 0 Å². The Balaban J connectivity index is 1.82. The van der Waals surface area contributed by atoms with E-state index in [0.717, 1.165) is 0 Å². The standard InChI is InChI=1S/C15H19FN2O3/c1-10-8-12(2-3-13(10)16)17-9-14(19)18-6-4-11(5-7-18)15(20)21/h2-3,8,11,17H,4-7,9H2,1H3,(H,20,21). The summed E-state index contributed by atoms with van der Waals surface area (Å²) in [6.07, 6.45) is 0.994. The molecule has 0 saturated carbocycles. The minimum absolute atomic E-state index is 0.0687. The number of hydrogen-bond acceptors (Lipinski definition) is 3. The van der Waals surface area contributed by atoms with E-state index in [1.54, 1.807) is 24.0 Å². The average molecular weight is 294 g/mol. The van der Waals surface area contributed by atoms with Crippen LogP contribution in [-0.2, 0) is 9.59 Å². The lowest BCUT2D eigenvalue weighted by Crippen LogP contribution is -2.42. The number of anilines is 1.